The molecule has 25 heavy (non-hydrogen) atoms. The number of pyridine rings is 1. The SMILES string of the molecule is CN(c1ccccc1)c1ccnc(C(=O)Nc2ccc(F)c(Cl)c2)c1. The maximum Gasteiger partial charge on any atom is 0.274 e. The molecule has 4 nitrogen and oxygen atoms in total. The van der Waals surface area contributed by atoms with Crippen molar-refractivity contribution in [1.82, 2.24) is 4.98 Å². The van der Waals surface area contributed by atoms with E-state index in [4.69, 9.17) is 11.6 Å². The lowest BCUT2D eigenvalue weighted by atomic mass is 10.2. The number of anilines is 3. The normalized spacial score (nSPS) is 10.4. The zero-order chi connectivity index (χ0) is 17.8. The van der Waals surface area contributed by atoms with Crippen LogP contribution in [0.5, 0.6) is 0 Å². The molecular formula is C19H15ClFN3O. The van der Waals surface area contributed by atoms with E-state index in [1.54, 1.807) is 12.3 Å². The quantitative estimate of drug-likeness (QED) is 0.724. The first-order valence-electron chi connectivity index (χ1n) is 7.56. The van der Waals surface area contributed by atoms with Crippen LogP contribution >= 0.6 is 11.6 Å². The summed E-state index contributed by atoms with van der Waals surface area (Å²) in [7, 11) is 1.91. The van der Waals surface area contributed by atoms with E-state index < -0.39 is 11.7 Å². The van der Waals surface area contributed by atoms with Crippen molar-refractivity contribution in [2.24, 2.45) is 0 Å². The summed E-state index contributed by atoms with van der Waals surface area (Å²) in [5.41, 5.74) is 2.47. The monoisotopic (exact) mass is 355 g/mol. The van der Waals surface area contributed by atoms with Gasteiger partial charge in [-0.25, -0.2) is 4.39 Å². The summed E-state index contributed by atoms with van der Waals surface area (Å²) in [4.78, 5) is 18.5. The molecule has 0 radical (unpaired) electrons. The molecule has 0 atom stereocenters. The number of nitrogens with one attached hydrogen (secondary N) is 1. The van der Waals surface area contributed by atoms with Crippen molar-refractivity contribution in [3.63, 3.8) is 0 Å². The summed E-state index contributed by atoms with van der Waals surface area (Å²) >= 11 is 5.73. The molecule has 0 bridgehead atoms. The highest BCUT2D eigenvalue weighted by Gasteiger charge is 2.12. The van der Waals surface area contributed by atoms with Gasteiger partial charge >= 0.3 is 0 Å². The van der Waals surface area contributed by atoms with Crippen LogP contribution in [-0.4, -0.2) is 17.9 Å². The van der Waals surface area contributed by atoms with Crippen molar-refractivity contribution in [2.45, 2.75) is 0 Å². The van der Waals surface area contributed by atoms with Crippen molar-refractivity contribution < 1.29 is 9.18 Å². The Kier molecular flexibility index (Phi) is 4.95. The van der Waals surface area contributed by atoms with E-state index in [9.17, 15) is 9.18 Å². The highest BCUT2D eigenvalue weighted by molar-refractivity contribution is 6.31. The summed E-state index contributed by atoms with van der Waals surface area (Å²) in [5.74, 6) is -0.935. The third kappa shape index (κ3) is 3.95. The molecule has 0 saturated carbocycles. The molecule has 0 fully saturated rings. The number of carbonyl (C=O) groups excluding carboxylic acids is 1. The summed E-state index contributed by atoms with van der Waals surface area (Å²) < 4.78 is 13.2. The van der Waals surface area contributed by atoms with Gasteiger partial charge < -0.3 is 10.2 Å². The first-order chi connectivity index (χ1) is 12.0. The van der Waals surface area contributed by atoms with Crippen LogP contribution < -0.4 is 10.2 Å². The molecule has 0 aliphatic rings. The number of rotatable bonds is 4. The minimum absolute atomic E-state index is 0.0525. The van der Waals surface area contributed by atoms with Crippen LogP contribution in [0.3, 0.4) is 0 Å². The van der Waals surface area contributed by atoms with Gasteiger partial charge in [0.2, 0.25) is 0 Å². The lowest BCUT2D eigenvalue weighted by molar-refractivity contribution is 0.102. The van der Waals surface area contributed by atoms with Crippen LogP contribution in [0, 0.1) is 5.82 Å². The second kappa shape index (κ2) is 7.32. The predicted molar refractivity (Wildman–Crippen MR) is 98.1 cm³/mol. The Balaban J connectivity index is 1.81. The van der Waals surface area contributed by atoms with Crippen LogP contribution in [0.1, 0.15) is 10.5 Å². The van der Waals surface area contributed by atoms with Gasteiger partial charge in [-0.3, -0.25) is 9.78 Å². The Morgan fingerprint density at radius 1 is 1.08 bits per heavy atom. The van der Waals surface area contributed by atoms with E-state index in [1.807, 2.05) is 48.3 Å². The Bertz CT molecular complexity index is 902. The molecule has 0 aliphatic carbocycles. The number of carbonyl (C=O) groups is 1. The number of aromatic nitrogens is 1. The van der Waals surface area contributed by atoms with Crippen molar-refractivity contribution in [1.29, 1.82) is 0 Å². The van der Waals surface area contributed by atoms with Gasteiger partial charge in [0.15, 0.2) is 0 Å². The minimum atomic E-state index is -0.538. The maximum atomic E-state index is 13.2. The van der Waals surface area contributed by atoms with E-state index in [1.165, 1.54) is 18.2 Å². The molecule has 126 valence electrons. The van der Waals surface area contributed by atoms with Crippen molar-refractivity contribution in [3.05, 3.63) is 83.4 Å². The Morgan fingerprint density at radius 2 is 1.84 bits per heavy atom. The molecule has 0 unspecified atom stereocenters. The number of hydrogen-bond acceptors (Lipinski definition) is 3. The smallest absolute Gasteiger partial charge is 0.274 e. The standard InChI is InChI=1S/C19H15ClFN3O/c1-24(14-5-3-2-4-6-14)15-9-10-22-18(12-15)19(25)23-13-7-8-17(21)16(20)11-13/h2-12H,1H3,(H,23,25). The van der Waals surface area contributed by atoms with Crippen LogP contribution in [0.4, 0.5) is 21.5 Å². The molecule has 0 saturated heterocycles. The van der Waals surface area contributed by atoms with Crippen LogP contribution in [0.15, 0.2) is 66.9 Å². The molecule has 1 heterocycles. The number of para-hydroxylation sites is 1. The highest BCUT2D eigenvalue weighted by Crippen LogP contribution is 2.24. The second-order valence-corrected chi connectivity index (χ2v) is 5.78. The zero-order valence-electron chi connectivity index (χ0n) is 13.4. The molecule has 0 aliphatic heterocycles. The summed E-state index contributed by atoms with van der Waals surface area (Å²) in [6, 6.07) is 17.3. The number of hydrogen-bond donors (Lipinski definition) is 1. The lowest BCUT2D eigenvalue weighted by Gasteiger charge is -2.19. The topological polar surface area (TPSA) is 45.2 Å². The molecule has 3 rings (SSSR count). The Labute approximate surface area is 149 Å². The average Bonchev–Trinajstić information content (AvgIpc) is 2.65. The number of nitrogens with zero attached hydrogens (tertiary/aromatic N) is 2. The van der Waals surface area contributed by atoms with E-state index in [2.05, 4.69) is 10.3 Å². The first kappa shape index (κ1) is 16.9. The predicted octanol–water partition coefficient (Wildman–Crippen LogP) is 4.89. The van der Waals surface area contributed by atoms with Gasteiger partial charge in [-0.05, 0) is 42.5 Å². The molecule has 1 amide bonds. The van der Waals surface area contributed by atoms with Gasteiger partial charge in [0, 0.05) is 30.3 Å². The maximum absolute atomic E-state index is 13.2. The fourth-order valence-electron chi connectivity index (χ4n) is 2.32. The fourth-order valence-corrected chi connectivity index (χ4v) is 2.50. The van der Waals surface area contributed by atoms with Gasteiger partial charge in [0.1, 0.15) is 11.5 Å². The molecule has 1 aromatic heterocycles. The van der Waals surface area contributed by atoms with Crippen molar-refractivity contribution >= 4 is 34.6 Å². The molecule has 3 aromatic rings. The highest BCUT2D eigenvalue weighted by atomic mass is 35.5. The van der Waals surface area contributed by atoms with Crippen LogP contribution in [0.25, 0.3) is 0 Å². The van der Waals surface area contributed by atoms with Gasteiger partial charge in [-0.1, -0.05) is 29.8 Å². The molecule has 0 spiro atoms. The molecule has 1 N–H and O–H groups in total. The number of amides is 1. The van der Waals surface area contributed by atoms with Gasteiger partial charge in [0.05, 0.1) is 5.02 Å². The third-order valence-electron chi connectivity index (χ3n) is 3.68. The third-order valence-corrected chi connectivity index (χ3v) is 3.97. The van der Waals surface area contributed by atoms with Crippen LogP contribution in [-0.2, 0) is 0 Å². The summed E-state index contributed by atoms with van der Waals surface area (Å²) in [6.45, 7) is 0. The summed E-state index contributed by atoms with van der Waals surface area (Å²) in [6.07, 6.45) is 1.57. The van der Waals surface area contributed by atoms with Gasteiger partial charge in [-0.15, -0.1) is 0 Å². The molecule has 2 aromatic carbocycles. The Morgan fingerprint density at radius 3 is 2.56 bits per heavy atom. The Hall–Kier alpha value is -2.92. The van der Waals surface area contributed by atoms with E-state index in [0.29, 0.717) is 5.69 Å². The fraction of sp³-hybridized carbons (Fsp3) is 0.0526. The second-order valence-electron chi connectivity index (χ2n) is 5.38. The van der Waals surface area contributed by atoms with Gasteiger partial charge in [-0.2, -0.15) is 0 Å². The largest absolute Gasteiger partial charge is 0.345 e. The minimum Gasteiger partial charge on any atom is -0.345 e. The van der Waals surface area contributed by atoms with Crippen LogP contribution in [0.2, 0.25) is 5.02 Å². The van der Waals surface area contributed by atoms with Crippen molar-refractivity contribution in [2.75, 3.05) is 17.3 Å². The van der Waals surface area contributed by atoms with Gasteiger partial charge in [0.25, 0.3) is 5.91 Å². The van der Waals surface area contributed by atoms with E-state index >= 15 is 0 Å². The van der Waals surface area contributed by atoms with E-state index in [-0.39, 0.29) is 10.7 Å². The van der Waals surface area contributed by atoms with E-state index in [0.717, 1.165) is 11.4 Å². The zero-order valence-corrected chi connectivity index (χ0v) is 14.2. The average molecular weight is 356 g/mol. The summed E-state index contributed by atoms with van der Waals surface area (Å²) in [5, 5.41) is 2.61. The lowest BCUT2D eigenvalue weighted by Crippen LogP contribution is -2.15. The number of benzene rings is 2. The molecular weight excluding hydrogens is 341 g/mol. The molecule has 6 heteroatoms. The first-order valence-corrected chi connectivity index (χ1v) is 7.93. The van der Waals surface area contributed by atoms with Crippen molar-refractivity contribution in [3.8, 4) is 0 Å². The number of halogens is 2.